The van der Waals surface area contributed by atoms with Crippen LogP contribution in [0, 0.1) is 18.8 Å². The maximum absolute atomic E-state index is 6.18. The normalized spacial score (nSPS) is 27.7. The first-order valence-electron chi connectivity index (χ1n) is 11.4. The van der Waals surface area contributed by atoms with Crippen molar-refractivity contribution in [1.29, 1.82) is 0 Å². The number of nitrogens with one attached hydrogen (secondary N) is 2. The standard InChI is InChI=1S/C24H40N4O.HI/c1-6-25-24(27-22-16-28(17(2)3)15-19(22)5)26-14-21-8-7-13-29-23(21)20-11-9-18(4)10-12-20;/h9-12,17,19,21-23H,6-8,13-16H2,1-5H3,(H2,25,26,27);1H. The molecule has 4 atom stereocenters. The van der Waals surface area contributed by atoms with E-state index >= 15 is 0 Å². The zero-order chi connectivity index (χ0) is 20.8. The zero-order valence-electron chi connectivity index (χ0n) is 19.4. The maximum Gasteiger partial charge on any atom is 0.191 e. The number of likely N-dealkylation sites (tertiary alicyclic amines) is 1. The lowest BCUT2D eigenvalue weighted by molar-refractivity contribution is -0.0250. The Bertz CT molecular complexity index is 664. The molecular weight excluding hydrogens is 487 g/mol. The van der Waals surface area contributed by atoms with Crippen LogP contribution in [-0.2, 0) is 4.74 Å². The molecular formula is C24H41IN4O. The molecule has 0 aliphatic carbocycles. The van der Waals surface area contributed by atoms with E-state index in [-0.39, 0.29) is 30.1 Å². The van der Waals surface area contributed by atoms with Crippen LogP contribution in [0.1, 0.15) is 57.8 Å². The van der Waals surface area contributed by atoms with Crippen LogP contribution in [0.2, 0.25) is 0 Å². The summed E-state index contributed by atoms with van der Waals surface area (Å²) < 4.78 is 6.18. The van der Waals surface area contributed by atoms with Crippen molar-refractivity contribution in [2.75, 3.05) is 32.8 Å². The van der Waals surface area contributed by atoms with Gasteiger partial charge in [-0.25, -0.2) is 0 Å². The Kier molecular flexibility index (Phi) is 10.4. The van der Waals surface area contributed by atoms with Gasteiger partial charge in [-0.3, -0.25) is 9.89 Å². The van der Waals surface area contributed by atoms with Crippen molar-refractivity contribution in [2.24, 2.45) is 16.8 Å². The van der Waals surface area contributed by atoms with Gasteiger partial charge in [-0.2, -0.15) is 0 Å². The van der Waals surface area contributed by atoms with E-state index in [4.69, 9.17) is 9.73 Å². The van der Waals surface area contributed by atoms with Gasteiger partial charge >= 0.3 is 0 Å². The second kappa shape index (κ2) is 12.2. The maximum atomic E-state index is 6.18. The van der Waals surface area contributed by atoms with E-state index in [2.05, 4.69) is 74.4 Å². The summed E-state index contributed by atoms with van der Waals surface area (Å²) in [5.74, 6) is 2.00. The number of aryl methyl sites for hydroxylation is 1. The third-order valence-electron chi connectivity index (χ3n) is 6.37. The van der Waals surface area contributed by atoms with Crippen molar-refractivity contribution in [2.45, 2.75) is 65.6 Å². The summed E-state index contributed by atoms with van der Waals surface area (Å²) in [6.07, 6.45) is 2.44. The molecule has 2 fully saturated rings. The molecule has 0 amide bonds. The summed E-state index contributed by atoms with van der Waals surface area (Å²) in [4.78, 5) is 7.54. The molecule has 2 aliphatic rings. The lowest BCUT2D eigenvalue weighted by Gasteiger charge is -2.31. The molecule has 0 spiro atoms. The number of benzene rings is 1. The predicted molar refractivity (Wildman–Crippen MR) is 137 cm³/mol. The fraction of sp³-hybridized carbons (Fsp3) is 0.708. The summed E-state index contributed by atoms with van der Waals surface area (Å²) in [6.45, 7) is 15.9. The van der Waals surface area contributed by atoms with E-state index in [0.717, 1.165) is 45.2 Å². The van der Waals surface area contributed by atoms with Gasteiger partial charge in [0.15, 0.2) is 5.96 Å². The molecule has 30 heavy (non-hydrogen) atoms. The largest absolute Gasteiger partial charge is 0.373 e. The Labute approximate surface area is 200 Å². The van der Waals surface area contributed by atoms with Crippen molar-refractivity contribution < 1.29 is 4.74 Å². The van der Waals surface area contributed by atoms with Gasteiger partial charge in [0.25, 0.3) is 0 Å². The van der Waals surface area contributed by atoms with Gasteiger partial charge in [-0.1, -0.05) is 36.8 Å². The third-order valence-corrected chi connectivity index (χ3v) is 6.37. The van der Waals surface area contributed by atoms with E-state index in [1.54, 1.807) is 0 Å². The van der Waals surface area contributed by atoms with E-state index < -0.39 is 0 Å². The molecule has 2 N–H and O–H groups in total. The molecule has 2 aliphatic heterocycles. The van der Waals surface area contributed by atoms with E-state index in [9.17, 15) is 0 Å². The highest BCUT2D eigenvalue weighted by atomic mass is 127. The summed E-state index contributed by atoms with van der Waals surface area (Å²) in [5, 5.41) is 7.16. The zero-order valence-corrected chi connectivity index (χ0v) is 21.7. The van der Waals surface area contributed by atoms with Gasteiger partial charge < -0.3 is 15.4 Å². The van der Waals surface area contributed by atoms with Crippen LogP contribution in [0.4, 0.5) is 0 Å². The molecule has 0 aromatic heterocycles. The Hall–Kier alpha value is -0.860. The van der Waals surface area contributed by atoms with Crippen molar-refractivity contribution in [3.05, 3.63) is 35.4 Å². The van der Waals surface area contributed by atoms with Crippen LogP contribution in [0.15, 0.2) is 29.3 Å². The van der Waals surface area contributed by atoms with E-state index in [1.165, 1.54) is 17.5 Å². The summed E-state index contributed by atoms with van der Waals surface area (Å²) in [7, 11) is 0. The van der Waals surface area contributed by atoms with Crippen LogP contribution >= 0.6 is 24.0 Å². The number of halogens is 1. The van der Waals surface area contributed by atoms with Gasteiger partial charge in [-0.05, 0) is 52.0 Å². The van der Waals surface area contributed by atoms with Crippen molar-refractivity contribution in [3.8, 4) is 0 Å². The Morgan fingerprint density at radius 2 is 1.97 bits per heavy atom. The highest BCUT2D eigenvalue weighted by Crippen LogP contribution is 2.34. The molecule has 0 bridgehead atoms. The lowest BCUT2D eigenvalue weighted by Crippen LogP contribution is -2.47. The first kappa shape index (κ1) is 25.4. The highest BCUT2D eigenvalue weighted by molar-refractivity contribution is 14.0. The Morgan fingerprint density at radius 3 is 2.60 bits per heavy atom. The summed E-state index contributed by atoms with van der Waals surface area (Å²) in [5.41, 5.74) is 2.57. The van der Waals surface area contributed by atoms with Crippen LogP contribution in [0.5, 0.6) is 0 Å². The minimum absolute atomic E-state index is 0. The first-order valence-corrected chi connectivity index (χ1v) is 11.4. The average molecular weight is 529 g/mol. The number of guanidine groups is 1. The molecule has 1 aromatic rings. The molecule has 170 valence electrons. The Morgan fingerprint density at radius 1 is 1.23 bits per heavy atom. The number of nitrogens with zero attached hydrogens (tertiary/aromatic N) is 2. The quantitative estimate of drug-likeness (QED) is 0.327. The third kappa shape index (κ3) is 6.82. The topological polar surface area (TPSA) is 48.9 Å². The summed E-state index contributed by atoms with van der Waals surface area (Å²) >= 11 is 0. The fourth-order valence-corrected chi connectivity index (χ4v) is 4.47. The molecule has 4 unspecified atom stereocenters. The minimum Gasteiger partial charge on any atom is -0.373 e. The smallest absolute Gasteiger partial charge is 0.191 e. The van der Waals surface area contributed by atoms with Gasteiger partial charge in [0.2, 0.25) is 0 Å². The molecule has 5 nitrogen and oxygen atoms in total. The second-order valence-electron chi connectivity index (χ2n) is 9.10. The van der Waals surface area contributed by atoms with Crippen LogP contribution in [0.25, 0.3) is 0 Å². The monoisotopic (exact) mass is 528 g/mol. The molecule has 6 heteroatoms. The molecule has 1 aromatic carbocycles. The second-order valence-corrected chi connectivity index (χ2v) is 9.10. The van der Waals surface area contributed by atoms with Gasteiger partial charge in [0.1, 0.15) is 0 Å². The number of rotatable bonds is 6. The number of ether oxygens (including phenoxy) is 1. The first-order chi connectivity index (χ1) is 14.0. The SMILES string of the molecule is CCNC(=NCC1CCCOC1c1ccc(C)cc1)NC1CN(C(C)C)CC1C.I. The highest BCUT2D eigenvalue weighted by Gasteiger charge is 2.32. The van der Waals surface area contributed by atoms with Crippen molar-refractivity contribution in [1.82, 2.24) is 15.5 Å². The van der Waals surface area contributed by atoms with Crippen LogP contribution < -0.4 is 10.6 Å². The van der Waals surface area contributed by atoms with Gasteiger partial charge in [0.05, 0.1) is 6.10 Å². The lowest BCUT2D eigenvalue weighted by atomic mass is 9.89. The Balaban J connectivity index is 0.00000320. The number of aliphatic imine (C=N–C) groups is 1. The van der Waals surface area contributed by atoms with Crippen molar-refractivity contribution >= 4 is 29.9 Å². The fourth-order valence-electron chi connectivity index (χ4n) is 4.47. The minimum atomic E-state index is 0. The summed E-state index contributed by atoms with van der Waals surface area (Å²) in [6, 6.07) is 9.84. The van der Waals surface area contributed by atoms with E-state index in [1.807, 2.05) is 0 Å². The molecule has 2 saturated heterocycles. The molecule has 0 saturated carbocycles. The molecule has 2 heterocycles. The van der Waals surface area contributed by atoms with Crippen LogP contribution in [-0.4, -0.2) is 55.7 Å². The van der Waals surface area contributed by atoms with Gasteiger partial charge in [0, 0.05) is 50.8 Å². The number of hydrogen-bond acceptors (Lipinski definition) is 3. The van der Waals surface area contributed by atoms with E-state index in [0.29, 0.717) is 23.9 Å². The average Bonchev–Trinajstić information content (AvgIpc) is 3.08. The molecule has 3 rings (SSSR count). The molecule has 0 radical (unpaired) electrons. The predicted octanol–water partition coefficient (Wildman–Crippen LogP) is 4.36. The van der Waals surface area contributed by atoms with Gasteiger partial charge in [-0.15, -0.1) is 24.0 Å². The number of hydrogen-bond donors (Lipinski definition) is 2. The van der Waals surface area contributed by atoms with Crippen molar-refractivity contribution in [3.63, 3.8) is 0 Å². The van der Waals surface area contributed by atoms with Crippen LogP contribution in [0.3, 0.4) is 0 Å².